The third-order valence-corrected chi connectivity index (χ3v) is 3.46. The van der Waals surface area contributed by atoms with Gasteiger partial charge in [-0.2, -0.15) is 0 Å². The van der Waals surface area contributed by atoms with Gasteiger partial charge in [0.15, 0.2) is 0 Å². The molecule has 25 heavy (non-hydrogen) atoms. The predicted octanol–water partition coefficient (Wildman–Crippen LogP) is 3.20. The van der Waals surface area contributed by atoms with Crippen molar-refractivity contribution >= 4 is 17.7 Å². The average Bonchev–Trinajstić information content (AvgIpc) is 2.56. The van der Waals surface area contributed by atoms with Gasteiger partial charge in [0, 0.05) is 24.8 Å². The summed E-state index contributed by atoms with van der Waals surface area (Å²) in [5.41, 5.74) is 3.01. The maximum Gasteiger partial charge on any atom is 0.335 e. The Morgan fingerprint density at radius 2 is 1.68 bits per heavy atom. The molecular weight excluding hydrogens is 318 g/mol. The predicted molar refractivity (Wildman–Crippen MR) is 97.7 cm³/mol. The first-order chi connectivity index (χ1) is 11.9. The normalized spacial score (nSPS) is 10.5. The molecule has 0 unspecified atom stereocenters. The summed E-state index contributed by atoms with van der Waals surface area (Å²) in [6, 6.07) is 14.3. The van der Waals surface area contributed by atoms with Crippen LogP contribution in [-0.2, 0) is 13.1 Å². The molecule has 0 heterocycles. The number of hydrogen-bond acceptors (Lipinski definition) is 3. The number of anilines is 1. The maximum absolute atomic E-state index is 11.6. The van der Waals surface area contributed by atoms with Gasteiger partial charge in [-0.3, -0.25) is 0 Å². The zero-order valence-corrected chi connectivity index (χ0v) is 14.4. The Morgan fingerprint density at radius 1 is 1.00 bits per heavy atom. The lowest BCUT2D eigenvalue weighted by molar-refractivity contribution is 0.0696. The van der Waals surface area contributed by atoms with Gasteiger partial charge in [-0.25, -0.2) is 9.59 Å². The maximum atomic E-state index is 11.6. The molecule has 0 aromatic heterocycles. The van der Waals surface area contributed by atoms with Crippen molar-refractivity contribution < 1.29 is 14.7 Å². The van der Waals surface area contributed by atoms with Crippen molar-refractivity contribution in [1.82, 2.24) is 10.6 Å². The first-order valence-electron chi connectivity index (χ1n) is 8.13. The molecular formula is C19H23N3O3. The van der Waals surface area contributed by atoms with E-state index in [1.165, 1.54) is 0 Å². The number of nitrogens with one attached hydrogen (secondary N) is 3. The molecule has 6 heteroatoms. The molecule has 0 saturated carbocycles. The Hall–Kier alpha value is -2.86. The van der Waals surface area contributed by atoms with Crippen LogP contribution in [0.5, 0.6) is 0 Å². The lowest BCUT2D eigenvalue weighted by atomic mass is 10.1. The van der Waals surface area contributed by atoms with Crippen LogP contribution in [0.25, 0.3) is 0 Å². The van der Waals surface area contributed by atoms with E-state index in [-0.39, 0.29) is 17.6 Å². The molecule has 4 N–H and O–H groups in total. The number of carbonyl (C=O) groups excluding carboxylic acids is 1. The fourth-order valence-electron chi connectivity index (χ4n) is 2.30. The Morgan fingerprint density at radius 3 is 2.32 bits per heavy atom. The molecule has 0 bridgehead atoms. The van der Waals surface area contributed by atoms with Gasteiger partial charge < -0.3 is 21.1 Å². The van der Waals surface area contributed by atoms with Crippen molar-refractivity contribution in [3.8, 4) is 0 Å². The molecule has 0 saturated heterocycles. The lowest BCUT2D eigenvalue weighted by Gasteiger charge is -2.11. The largest absolute Gasteiger partial charge is 0.478 e. The molecule has 0 fully saturated rings. The second-order valence-electron chi connectivity index (χ2n) is 6.06. The van der Waals surface area contributed by atoms with Crippen LogP contribution in [0.15, 0.2) is 48.5 Å². The van der Waals surface area contributed by atoms with E-state index in [1.54, 1.807) is 18.2 Å². The molecule has 0 radical (unpaired) electrons. The molecule has 132 valence electrons. The van der Waals surface area contributed by atoms with Gasteiger partial charge in [0.05, 0.1) is 5.56 Å². The summed E-state index contributed by atoms with van der Waals surface area (Å²) in [6.45, 7) is 5.04. The number of benzene rings is 2. The molecule has 0 aliphatic rings. The van der Waals surface area contributed by atoms with E-state index in [0.29, 0.717) is 13.1 Å². The number of carboxylic acids is 1. The summed E-state index contributed by atoms with van der Waals surface area (Å²) in [5.74, 6) is -0.925. The zero-order valence-electron chi connectivity index (χ0n) is 14.4. The van der Waals surface area contributed by atoms with Crippen LogP contribution in [0.3, 0.4) is 0 Å². The van der Waals surface area contributed by atoms with E-state index in [0.717, 1.165) is 16.8 Å². The number of amides is 2. The molecule has 0 spiro atoms. The Labute approximate surface area is 147 Å². The highest BCUT2D eigenvalue weighted by atomic mass is 16.4. The third-order valence-electron chi connectivity index (χ3n) is 3.46. The minimum Gasteiger partial charge on any atom is -0.478 e. The van der Waals surface area contributed by atoms with E-state index in [1.807, 2.05) is 44.2 Å². The summed E-state index contributed by atoms with van der Waals surface area (Å²) in [5, 5.41) is 17.8. The summed E-state index contributed by atoms with van der Waals surface area (Å²) >= 11 is 0. The standard InChI is InChI=1S/C19H23N3O3/c1-13(2)21-19(25)22-17-8-6-14(7-9-17)11-20-12-15-4-3-5-16(10-15)18(23)24/h3-10,13,20H,11-12H2,1-2H3,(H,23,24)(H2,21,22,25). The fraction of sp³-hybridized carbons (Fsp3) is 0.263. The average molecular weight is 341 g/mol. The molecule has 2 aromatic rings. The van der Waals surface area contributed by atoms with Gasteiger partial charge in [0.2, 0.25) is 0 Å². The second-order valence-corrected chi connectivity index (χ2v) is 6.06. The highest BCUT2D eigenvalue weighted by Crippen LogP contribution is 2.10. The summed E-state index contributed by atoms with van der Waals surface area (Å²) in [6.07, 6.45) is 0. The number of aromatic carboxylic acids is 1. The molecule has 2 rings (SSSR count). The van der Waals surface area contributed by atoms with E-state index < -0.39 is 5.97 Å². The van der Waals surface area contributed by atoms with E-state index in [9.17, 15) is 9.59 Å². The van der Waals surface area contributed by atoms with Crippen LogP contribution in [0.4, 0.5) is 10.5 Å². The minimum atomic E-state index is -0.925. The molecule has 2 amide bonds. The van der Waals surface area contributed by atoms with Gasteiger partial charge in [-0.15, -0.1) is 0 Å². The van der Waals surface area contributed by atoms with Crippen LogP contribution in [0, 0.1) is 0 Å². The van der Waals surface area contributed by atoms with Crippen LogP contribution in [-0.4, -0.2) is 23.1 Å². The smallest absolute Gasteiger partial charge is 0.335 e. The second kappa shape index (κ2) is 8.84. The molecule has 6 nitrogen and oxygen atoms in total. The highest BCUT2D eigenvalue weighted by molar-refractivity contribution is 5.89. The quantitative estimate of drug-likeness (QED) is 0.622. The fourth-order valence-corrected chi connectivity index (χ4v) is 2.30. The van der Waals surface area contributed by atoms with E-state index in [4.69, 9.17) is 5.11 Å². The number of carboxylic acid groups (broad SMARTS) is 1. The Balaban J connectivity index is 1.82. The summed E-state index contributed by atoms with van der Waals surface area (Å²) < 4.78 is 0. The summed E-state index contributed by atoms with van der Waals surface area (Å²) in [7, 11) is 0. The number of carbonyl (C=O) groups is 2. The van der Waals surface area contributed by atoms with Gasteiger partial charge in [-0.1, -0.05) is 24.3 Å². The molecule has 0 aliphatic heterocycles. The lowest BCUT2D eigenvalue weighted by Crippen LogP contribution is -2.34. The number of hydrogen-bond donors (Lipinski definition) is 4. The van der Waals surface area contributed by atoms with E-state index >= 15 is 0 Å². The van der Waals surface area contributed by atoms with Crippen molar-refractivity contribution in [3.63, 3.8) is 0 Å². The molecule has 2 aromatic carbocycles. The van der Waals surface area contributed by atoms with Gasteiger partial charge in [-0.05, 0) is 49.2 Å². The van der Waals surface area contributed by atoms with Crippen molar-refractivity contribution in [2.24, 2.45) is 0 Å². The molecule has 0 aliphatic carbocycles. The van der Waals surface area contributed by atoms with Crippen molar-refractivity contribution in [2.75, 3.05) is 5.32 Å². The molecule has 0 atom stereocenters. The Kier molecular flexibility index (Phi) is 6.54. The first-order valence-corrected chi connectivity index (χ1v) is 8.13. The minimum absolute atomic E-state index is 0.0862. The van der Waals surface area contributed by atoms with Crippen LogP contribution in [0.1, 0.15) is 35.3 Å². The van der Waals surface area contributed by atoms with Gasteiger partial charge in [0.25, 0.3) is 0 Å². The van der Waals surface area contributed by atoms with Gasteiger partial charge in [0.1, 0.15) is 0 Å². The Bertz CT molecular complexity index is 727. The van der Waals surface area contributed by atoms with Crippen molar-refractivity contribution in [3.05, 3.63) is 65.2 Å². The topological polar surface area (TPSA) is 90.5 Å². The van der Waals surface area contributed by atoms with Crippen molar-refractivity contribution in [1.29, 1.82) is 0 Å². The SMILES string of the molecule is CC(C)NC(=O)Nc1ccc(CNCc2cccc(C(=O)O)c2)cc1. The number of urea groups is 1. The first kappa shape index (κ1) is 18.5. The van der Waals surface area contributed by atoms with E-state index in [2.05, 4.69) is 16.0 Å². The summed E-state index contributed by atoms with van der Waals surface area (Å²) in [4.78, 5) is 22.6. The number of rotatable bonds is 7. The van der Waals surface area contributed by atoms with Crippen LogP contribution >= 0.6 is 0 Å². The van der Waals surface area contributed by atoms with Gasteiger partial charge >= 0.3 is 12.0 Å². The monoisotopic (exact) mass is 341 g/mol. The van der Waals surface area contributed by atoms with Crippen LogP contribution in [0.2, 0.25) is 0 Å². The zero-order chi connectivity index (χ0) is 18.2. The van der Waals surface area contributed by atoms with Crippen molar-refractivity contribution in [2.45, 2.75) is 33.0 Å². The van der Waals surface area contributed by atoms with Crippen LogP contribution < -0.4 is 16.0 Å². The highest BCUT2D eigenvalue weighted by Gasteiger charge is 2.04. The third kappa shape index (κ3) is 6.27.